The number of hydrogen-bond donors (Lipinski definition) is 1. The van der Waals surface area contributed by atoms with Crippen molar-refractivity contribution in [2.45, 2.75) is 26.3 Å². The zero-order chi connectivity index (χ0) is 14.2. The third-order valence-electron chi connectivity index (χ3n) is 3.45. The third-order valence-corrected chi connectivity index (χ3v) is 3.45. The standard InChI is InChI=1S/C18H24N2/c1-3-4-14-20(17-11-6-5-7-12-17)18-13-9-8-10-16(18)15-19-2/h5-13,19H,3-4,14-15H2,1-2H3. The van der Waals surface area contributed by atoms with Crippen molar-refractivity contribution in [3.05, 3.63) is 60.2 Å². The lowest BCUT2D eigenvalue weighted by molar-refractivity contribution is 0.772. The van der Waals surface area contributed by atoms with Crippen molar-refractivity contribution in [1.29, 1.82) is 0 Å². The first-order valence-corrected chi connectivity index (χ1v) is 7.42. The van der Waals surface area contributed by atoms with E-state index >= 15 is 0 Å². The van der Waals surface area contributed by atoms with Crippen molar-refractivity contribution in [2.24, 2.45) is 0 Å². The number of unbranched alkanes of at least 4 members (excludes halogenated alkanes) is 1. The maximum atomic E-state index is 3.26. The van der Waals surface area contributed by atoms with Crippen LogP contribution in [0.25, 0.3) is 0 Å². The van der Waals surface area contributed by atoms with Gasteiger partial charge in [-0.3, -0.25) is 0 Å². The van der Waals surface area contributed by atoms with Gasteiger partial charge in [-0.05, 0) is 37.2 Å². The molecule has 0 aliphatic heterocycles. The summed E-state index contributed by atoms with van der Waals surface area (Å²) in [6.07, 6.45) is 2.40. The molecule has 2 aromatic carbocycles. The molecule has 2 heteroatoms. The molecule has 0 saturated heterocycles. The van der Waals surface area contributed by atoms with Crippen molar-refractivity contribution in [3.8, 4) is 0 Å². The molecule has 0 aliphatic carbocycles. The molecule has 2 rings (SSSR count). The van der Waals surface area contributed by atoms with E-state index in [1.54, 1.807) is 0 Å². The summed E-state index contributed by atoms with van der Waals surface area (Å²) in [6.45, 7) is 4.19. The number of nitrogens with one attached hydrogen (secondary N) is 1. The van der Waals surface area contributed by atoms with Gasteiger partial charge >= 0.3 is 0 Å². The smallest absolute Gasteiger partial charge is 0.0456 e. The van der Waals surface area contributed by atoms with E-state index in [4.69, 9.17) is 0 Å². The second-order valence-corrected chi connectivity index (χ2v) is 5.00. The van der Waals surface area contributed by atoms with Crippen molar-refractivity contribution in [3.63, 3.8) is 0 Å². The summed E-state index contributed by atoms with van der Waals surface area (Å²) >= 11 is 0. The molecule has 0 unspecified atom stereocenters. The molecule has 0 fully saturated rings. The number of benzene rings is 2. The molecule has 0 aromatic heterocycles. The molecule has 0 spiro atoms. The van der Waals surface area contributed by atoms with Gasteiger partial charge in [0.1, 0.15) is 0 Å². The number of anilines is 2. The molecule has 106 valence electrons. The number of nitrogens with zero attached hydrogens (tertiary/aromatic N) is 1. The Balaban J connectivity index is 2.36. The van der Waals surface area contributed by atoms with Gasteiger partial charge < -0.3 is 10.2 Å². The molecule has 20 heavy (non-hydrogen) atoms. The van der Waals surface area contributed by atoms with Crippen LogP contribution in [0.2, 0.25) is 0 Å². The van der Waals surface area contributed by atoms with Gasteiger partial charge in [-0.15, -0.1) is 0 Å². The quantitative estimate of drug-likeness (QED) is 0.803. The molecule has 0 amide bonds. The summed E-state index contributed by atoms with van der Waals surface area (Å²) in [7, 11) is 2.00. The maximum Gasteiger partial charge on any atom is 0.0456 e. The molecule has 0 radical (unpaired) electrons. The van der Waals surface area contributed by atoms with Crippen LogP contribution in [0.3, 0.4) is 0 Å². The minimum atomic E-state index is 0.894. The molecule has 2 aromatic rings. The molecule has 0 bridgehead atoms. The van der Waals surface area contributed by atoms with Crippen LogP contribution in [0.1, 0.15) is 25.3 Å². The fourth-order valence-electron chi connectivity index (χ4n) is 2.43. The first-order chi connectivity index (χ1) is 9.86. The minimum Gasteiger partial charge on any atom is -0.341 e. The Morgan fingerprint density at radius 2 is 1.65 bits per heavy atom. The fraction of sp³-hybridized carbons (Fsp3) is 0.333. The van der Waals surface area contributed by atoms with Gasteiger partial charge in [0.2, 0.25) is 0 Å². The van der Waals surface area contributed by atoms with E-state index in [-0.39, 0.29) is 0 Å². The van der Waals surface area contributed by atoms with Crippen LogP contribution in [0.15, 0.2) is 54.6 Å². The summed E-state index contributed by atoms with van der Waals surface area (Å²) in [5.41, 5.74) is 3.92. The van der Waals surface area contributed by atoms with E-state index in [0.29, 0.717) is 0 Å². The largest absolute Gasteiger partial charge is 0.341 e. The minimum absolute atomic E-state index is 0.894. The summed E-state index contributed by atoms with van der Waals surface area (Å²) in [4.78, 5) is 2.43. The lowest BCUT2D eigenvalue weighted by atomic mass is 10.1. The van der Waals surface area contributed by atoms with E-state index in [9.17, 15) is 0 Å². The second kappa shape index (κ2) is 7.71. The van der Waals surface area contributed by atoms with Crippen LogP contribution >= 0.6 is 0 Å². The van der Waals surface area contributed by atoms with Gasteiger partial charge in [0.05, 0.1) is 0 Å². The summed E-state index contributed by atoms with van der Waals surface area (Å²) in [5, 5.41) is 3.26. The highest BCUT2D eigenvalue weighted by Crippen LogP contribution is 2.28. The molecule has 0 aliphatic rings. The first kappa shape index (κ1) is 14.6. The van der Waals surface area contributed by atoms with E-state index < -0.39 is 0 Å². The lowest BCUT2D eigenvalue weighted by Gasteiger charge is -2.27. The highest BCUT2D eigenvalue weighted by Gasteiger charge is 2.11. The van der Waals surface area contributed by atoms with Crippen LogP contribution in [0.5, 0.6) is 0 Å². The van der Waals surface area contributed by atoms with E-state index in [1.807, 2.05) is 7.05 Å². The normalized spacial score (nSPS) is 10.5. The van der Waals surface area contributed by atoms with Crippen molar-refractivity contribution in [1.82, 2.24) is 5.32 Å². The lowest BCUT2D eigenvalue weighted by Crippen LogP contribution is -2.21. The topological polar surface area (TPSA) is 15.3 Å². The highest BCUT2D eigenvalue weighted by atomic mass is 15.1. The molecule has 0 atom stereocenters. The second-order valence-electron chi connectivity index (χ2n) is 5.00. The molecule has 1 N–H and O–H groups in total. The Bertz CT molecular complexity index is 508. The molecular weight excluding hydrogens is 244 g/mol. The Hall–Kier alpha value is -1.80. The van der Waals surface area contributed by atoms with Gasteiger partial charge in [0, 0.05) is 24.5 Å². The zero-order valence-corrected chi connectivity index (χ0v) is 12.5. The first-order valence-electron chi connectivity index (χ1n) is 7.42. The number of hydrogen-bond acceptors (Lipinski definition) is 2. The fourth-order valence-corrected chi connectivity index (χ4v) is 2.43. The van der Waals surface area contributed by atoms with Crippen LogP contribution in [-0.2, 0) is 6.54 Å². The Morgan fingerprint density at radius 3 is 2.35 bits per heavy atom. The van der Waals surface area contributed by atoms with Crippen molar-refractivity contribution < 1.29 is 0 Å². The van der Waals surface area contributed by atoms with Crippen molar-refractivity contribution >= 4 is 11.4 Å². The SMILES string of the molecule is CCCCN(c1ccccc1)c1ccccc1CNC. The van der Waals surface area contributed by atoms with Crippen LogP contribution in [-0.4, -0.2) is 13.6 Å². The maximum absolute atomic E-state index is 3.26. The van der Waals surface area contributed by atoms with Crippen LogP contribution < -0.4 is 10.2 Å². The Morgan fingerprint density at radius 1 is 0.950 bits per heavy atom. The van der Waals surface area contributed by atoms with E-state index in [0.717, 1.165) is 13.1 Å². The van der Waals surface area contributed by atoms with E-state index in [1.165, 1.54) is 29.8 Å². The van der Waals surface area contributed by atoms with Gasteiger partial charge in [0.15, 0.2) is 0 Å². The summed E-state index contributed by atoms with van der Waals surface area (Å²) in [5.74, 6) is 0. The van der Waals surface area contributed by atoms with Gasteiger partial charge in [-0.25, -0.2) is 0 Å². The average molecular weight is 268 g/mol. The zero-order valence-electron chi connectivity index (χ0n) is 12.5. The van der Waals surface area contributed by atoms with Crippen LogP contribution in [0.4, 0.5) is 11.4 Å². The average Bonchev–Trinajstić information content (AvgIpc) is 2.50. The van der Waals surface area contributed by atoms with Crippen LogP contribution in [0, 0.1) is 0 Å². The summed E-state index contributed by atoms with van der Waals surface area (Å²) < 4.78 is 0. The summed E-state index contributed by atoms with van der Waals surface area (Å²) in [6, 6.07) is 19.3. The Kier molecular flexibility index (Phi) is 5.63. The number of rotatable bonds is 7. The molecule has 0 heterocycles. The Labute approximate surface area is 122 Å². The molecule has 2 nitrogen and oxygen atoms in total. The van der Waals surface area contributed by atoms with E-state index in [2.05, 4.69) is 71.7 Å². The van der Waals surface area contributed by atoms with Gasteiger partial charge in [-0.1, -0.05) is 49.7 Å². The number of para-hydroxylation sites is 2. The highest BCUT2D eigenvalue weighted by molar-refractivity contribution is 5.66. The predicted molar refractivity (Wildman–Crippen MR) is 87.6 cm³/mol. The molecule has 0 saturated carbocycles. The van der Waals surface area contributed by atoms with Crippen molar-refractivity contribution in [2.75, 3.05) is 18.5 Å². The molecular formula is C18H24N2. The van der Waals surface area contributed by atoms with Gasteiger partial charge in [-0.2, -0.15) is 0 Å². The van der Waals surface area contributed by atoms with Gasteiger partial charge in [0.25, 0.3) is 0 Å². The monoisotopic (exact) mass is 268 g/mol. The predicted octanol–water partition coefficient (Wildman–Crippen LogP) is 4.34. The third kappa shape index (κ3) is 3.61.